The molecule has 0 unspecified atom stereocenters. The summed E-state index contributed by atoms with van der Waals surface area (Å²) in [6, 6.07) is 4.25. The quantitative estimate of drug-likeness (QED) is 0.906. The Bertz CT molecular complexity index is 527. The molecule has 1 aromatic carbocycles. The van der Waals surface area contributed by atoms with Crippen LogP contribution in [-0.4, -0.2) is 14.8 Å². The number of hydrogen-bond acceptors (Lipinski definition) is 3. The largest absolute Gasteiger partial charge is 0.377 e. The zero-order chi connectivity index (χ0) is 13.0. The Morgan fingerprint density at radius 2 is 2.28 bits per heavy atom. The van der Waals surface area contributed by atoms with Gasteiger partial charge in [0, 0.05) is 6.54 Å². The number of anilines is 1. The van der Waals surface area contributed by atoms with E-state index in [1.807, 2.05) is 4.68 Å². The number of rotatable bonds is 5. The van der Waals surface area contributed by atoms with E-state index in [4.69, 9.17) is 11.6 Å². The number of nitrogens with zero attached hydrogens (tertiary/aromatic N) is 3. The molecule has 0 aliphatic heterocycles. The molecule has 0 amide bonds. The van der Waals surface area contributed by atoms with Crippen LogP contribution in [0.1, 0.15) is 19.2 Å². The van der Waals surface area contributed by atoms with Gasteiger partial charge in [-0.05, 0) is 24.6 Å². The van der Waals surface area contributed by atoms with Crippen LogP contribution in [0.4, 0.5) is 10.1 Å². The van der Waals surface area contributed by atoms with Gasteiger partial charge in [0.1, 0.15) is 18.0 Å². The van der Waals surface area contributed by atoms with Gasteiger partial charge in [0.25, 0.3) is 0 Å². The molecule has 0 radical (unpaired) electrons. The number of nitrogens with one attached hydrogen (secondary N) is 1. The van der Waals surface area contributed by atoms with E-state index in [0.29, 0.717) is 17.3 Å². The van der Waals surface area contributed by atoms with Crippen LogP contribution in [-0.2, 0) is 13.1 Å². The second-order valence-corrected chi connectivity index (χ2v) is 4.28. The van der Waals surface area contributed by atoms with E-state index >= 15 is 0 Å². The summed E-state index contributed by atoms with van der Waals surface area (Å²) in [7, 11) is 0. The van der Waals surface area contributed by atoms with Crippen molar-refractivity contribution in [1.82, 2.24) is 14.8 Å². The van der Waals surface area contributed by atoms with Gasteiger partial charge in [-0.15, -0.1) is 0 Å². The van der Waals surface area contributed by atoms with Crippen molar-refractivity contribution in [1.29, 1.82) is 0 Å². The Morgan fingerprint density at radius 3 is 3.00 bits per heavy atom. The molecule has 0 fully saturated rings. The second kappa shape index (κ2) is 5.82. The topological polar surface area (TPSA) is 42.7 Å². The zero-order valence-electron chi connectivity index (χ0n) is 10.0. The summed E-state index contributed by atoms with van der Waals surface area (Å²) in [5.41, 5.74) is 0.684. The Kier molecular flexibility index (Phi) is 4.15. The second-order valence-electron chi connectivity index (χ2n) is 3.88. The molecule has 1 N–H and O–H groups in total. The minimum Gasteiger partial charge on any atom is -0.377 e. The van der Waals surface area contributed by atoms with Gasteiger partial charge in [0.15, 0.2) is 0 Å². The Labute approximate surface area is 110 Å². The molecule has 0 aliphatic carbocycles. The van der Waals surface area contributed by atoms with Crippen LogP contribution in [0.25, 0.3) is 0 Å². The van der Waals surface area contributed by atoms with Gasteiger partial charge >= 0.3 is 0 Å². The first-order valence-electron chi connectivity index (χ1n) is 5.76. The molecule has 0 bridgehead atoms. The van der Waals surface area contributed by atoms with E-state index in [0.717, 1.165) is 18.8 Å². The summed E-state index contributed by atoms with van der Waals surface area (Å²) in [5.74, 6) is 0.483. The van der Waals surface area contributed by atoms with Crippen molar-refractivity contribution >= 4 is 17.3 Å². The van der Waals surface area contributed by atoms with Crippen LogP contribution >= 0.6 is 11.6 Å². The van der Waals surface area contributed by atoms with E-state index in [9.17, 15) is 4.39 Å². The number of hydrogen-bond donors (Lipinski definition) is 1. The fraction of sp³-hybridized carbons (Fsp3) is 0.333. The maximum Gasteiger partial charge on any atom is 0.146 e. The third kappa shape index (κ3) is 2.98. The molecule has 6 heteroatoms. The van der Waals surface area contributed by atoms with Gasteiger partial charge < -0.3 is 5.32 Å². The molecule has 18 heavy (non-hydrogen) atoms. The lowest BCUT2D eigenvalue weighted by Crippen LogP contribution is -2.10. The van der Waals surface area contributed by atoms with Crippen LogP contribution in [0.15, 0.2) is 24.5 Å². The molecule has 4 nitrogen and oxygen atoms in total. The highest BCUT2D eigenvalue weighted by molar-refractivity contribution is 6.33. The molecule has 1 heterocycles. The minimum absolute atomic E-state index is 0.348. The normalized spacial score (nSPS) is 10.6. The Hall–Kier alpha value is -1.62. The summed E-state index contributed by atoms with van der Waals surface area (Å²) in [6.07, 6.45) is 2.52. The molecule has 2 aromatic rings. The van der Waals surface area contributed by atoms with Crippen LogP contribution in [0.3, 0.4) is 0 Å². The van der Waals surface area contributed by atoms with Crippen molar-refractivity contribution in [2.45, 2.75) is 26.4 Å². The van der Waals surface area contributed by atoms with Gasteiger partial charge in [-0.3, -0.25) is 0 Å². The van der Waals surface area contributed by atoms with Crippen molar-refractivity contribution in [3.63, 3.8) is 0 Å². The summed E-state index contributed by atoms with van der Waals surface area (Å²) < 4.78 is 14.7. The van der Waals surface area contributed by atoms with Crippen molar-refractivity contribution in [3.8, 4) is 0 Å². The zero-order valence-corrected chi connectivity index (χ0v) is 10.8. The predicted molar refractivity (Wildman–Crippen MR) is 69.0 cm³/mol. The van der Waals surface area contributed by atoms with Crippen LogP contribution < -0.4 is 5.32 Å². The fourth-order valence-electron chi connectivity index (χ4n) is 1.63. The fourth-order valence-corrected chi connectivity index (χ4v) is 1.86. The van der Waals surface area contributed by atoms with Crippen molar-refractivity contribution in [2.24, 2.45) is 0 Å². The third-order valence-electron chi connectivity index (χ3n) is 2.50. The maximum absolute atomic E-state index is 12.9. The van der Waals surface area contributed by atoms with E-state index in [1.54, 1.807) is 6.07 Å². The van der Waals surface area contributed by atoms with E-state index in [-0.39, 0.29) is 5.82 Å². The van der Waals surface area contributed by atoms with Gasteiger partial charge in [-0.25, -0.2) is 14.1 Å². The molecule has 0 atom stereocenters. The molecule has 2 rings (SSSR count). The van der Waals surface area contributed by atoms with Gasteiger partial charge in [0.2, 0.25) is 0 Å². The molecule has 0 saturated carbocycles. The van der Waals surface area contributed by atoms with Crippen LogP contribution in [0.2, 0.25) is 5.02 Å². The Morgan fingerprint density at radius 1 is 1.44 bits per heavy atom. The average molecular weight is 269 g/mol. The summed E-state index contributed by atoms with van der Waals surface area (Å²) in [5, 5.41) is 7.60. The smallest absolute Gasteiger partial charge is 0.146 e. The minimum atomic E-state index is -0.348. The lowest BCUT2D eigenvalue weighted by Gasteiger charge is -2.09. The molecule has 0 aliphatic rings. The summed E-state index contributed by atoms with van der Waals surface area (Å²) in [4.78, 5) is 4.17. The van der Waals surface area contributed by atoms with E-state index < -0.39 is 0 Å². The van der Waals surface area contributed by atoms with Crippen LogP contribution in [0.5, 0.6) is 0 Å². The Balaban J connectivity index is 2.04. The monoisotopic (exact) mass is 268 g/mol. The maximum atomic E-state index is 12.9. The molecule has 1 aromatic heterocycles. The number of benzene rings is 1. The molecular weight excluding hydrogens is 255 g/mol. The van der Waals surface area contributed by atoms with Gasteiger partial charge in [-0.2, -0.15) is 5.10 Å². The highest BCUT2D eigenvalue weighted by Gasteiger charge is 2.05. The molecule has 0 saturated heterocycles. The van der Waals surface area contributed by atoms with Crippen molar-refractivity contribution in [2.75, 3.05) is 5.32 Å². The van der Waals surface area contributed by atoms with Gasteiger partial charge in [0.05, 0.1) is 17.3 Å². The number of halogens is 2. The molecule has 0 spiro atoms. The SMILES string of the molecule is CCCn1ncnc1CNc1ccc(F)cc1Cl. The van der Waals surface area contributed by atoms with Crippen molar-refractivity contribution in [3.05, 3.63) is 41.2 Å². The highest BCUT2D eigenvalue weighted by atomic mass is 35.5. The number of aryl methyl sites for hydroxylation is 1. The van der Waals surface area contributed by atoms with E-state index in [1.165, 1.54) is 18.5 Å². The first-order chi connectivity index (χ1) is 8.70. The first kappa shape index (κ1) is 12.8. The van der Waals surface area contributed by atoms with Crippen molar-refractivity contribution < 1.29 is 4.39 Å². The number of aromatic nitrogens is 3. The summed E-state index contributed by atoms with van der Waals surface area (Å²) in [6.45, 7) is 3.41. The summed E-state index contributed by atoms with van der Waals surface area (Å²) >= 11 is 5.93. The van der Waals surface area contributed by atoms with Crippen LogP contribution in [0, 0.1) is 5.82 Å². The predicted octanol–water partition coefficient (Wildman–Crippen LogP) is 3.09. The van der Waals surface area contributed by atoms with Gasteiger partial charge in [-0.1, -0.05) is 18.5 Å². The lowest BCUT2D eigenvalue weighted by molar-refractivity contribution is 0.574. The van der Waals surface area contributed by atoms with E-state index in [2.05, 4.69) is 22.3 Å². The highest BCUT2D eigenvalue weighted by Crippen LogP contribution is 2.22. The molecular formula is C12H14ClFN4. The molecule has 96 valence electrons. The lowest BCUT2D eigenvalue weighted by atomic mass is 10.3. The first-order valence-corrected chi connectivity index (χ1v) is 6.14. The third-order valence-corrected chi connectivity index (χ3v) is 2.81. The average Bonchev–Trinajstić information content (AvgIpc) is 2.76. The standard InChI is InChI=1S/C12H14ClFN4/c1-2-5-18-12(16-8-17-18)7-15-11-4-3-9(14)6-10(11)13/h3-4,6,8,15H,2,5,7H2,1H3.